The third kappa shape index (κ3) is 2.46. The smallest absolute Gasteiger partial charge is 0.137 e. The highest BCUT2D eigenvalue weighted by Crippen LogP contribution is 2.15. The molecule has 0 unspecified atom stereocenters. The van der Waals surface area contributed by atoms with Gasteiger partial charge < -0.3 is 5.32 Å². The maximum absolute atomic E-state index is 4.16. The summed E-state index contributed by atoms with van der Waals surface area (Å²) in [6.07, 6.45) is 7.39. The normalized spacial score (nSPS) is 17.4. The van der Waals surface area contributed by atoms with Crippen molar-refractivity contribution in [3.63, 3.8) is 0 Å². The first-order chi connectivity index (χ1) is 6.65. The Morgan fingerprint density at radius 1 is 1.57 bits per heavy atom. The lowest BCUT2D eigenvalue weighted by molar-refractivity contribution is 0.795. The molecule has 0 aromatic rings. The van der Waals surface area contributed by atoms with E-state index < -0.39 is 0 Å². The Labute approximate surface area is 85.4 Å². The second-order valence-corrected chi connectivity index (χ2v) is 3.47. The minimum absolute atomic E-state index is 0.460. The molecule has 0 amide bonds. The first kappa shape index (κ1) is 10.5. The zero-order chi connectivity index (χ0) is 10.6. The van der Waals surface area contributed by atoms with Crippen LogP contribution in [-0.2, 0) is 0 Å². The van der Waals surface area contributed by atoms with Crippen molar-refractivity contribution in [3.8, 4) is 0 Å². The average molecular weight is 188 g/mol. The molecule has 0 saturated heterocycles. The van der Waals surface area contributed by atoms with Gasteiger partial charge in [-0.05, 0) is 24.3 Å². The first-order valence-electron chi connectivity index (χ1n) is 4.68. The Hall–Kier alpha value is -1.57. The molecule has 1 heterocycles. The Morgan fingerprint density at radius 2 is 2.29 bits per heavy atom. The Balaban J connectivity index is 2.78. The molecule has 1 aliphatic rings. The summed E-state index contributed by atoms with van der Waals surface area (Å²) < 4.78 is 0. The van der Waals surface area contributed by atoms with Crippen LogP contribution in [0.3, 0.4) is 0 Å². The van der Waals surface area contributed by atoms with E-state index in [4.69, 9.17) is 0 Å². The molecule has 0 saturated carbocycles. The molecular weight excluding hydrogens is 172 g/mol. The fourth-order valence-electron chi connectivity index (χ4n) is 1.05. The number of nitrogens with zero attached hydrogens (tertiary/aromatic N) is 1. The van der Waals surface area contributed by atoms with Gasteiger partial charge in [0.05, 0.1) is 0 Å². The molecule has 1 aliphatic heterocycles. The van der Waals surface area contributed by atoms with Crippen molar-refractivity contribution in [1.82, 2.24) is 5.32 Å². The highest BCUT2D eigenvalue weighted by atomic mass is 15.0. The summed E-state index contributed by atoms with van der Waals surface area (Å²) in [5, 5.41) is 2.98. The van der Waals surface area contributed by atoms with Crippen molar-refractivity contribution in [2.24, 2.45) is 10.9 Å². The zero-order valence-corrected chi connectivity index (χ0v) is 8.75. The first-order valence-corrected chi connectivity index (χ1v) is 4.68. The molecule has 14 heavy (non-hydrogen) atoms. The van der Waals surface area contributed by atoms with Crippen molar-refractivity contribution < 1.29 is 0 Å². The molecule has 0 bridgehead atoms. The molecule has 1 N–H and O–H groups in total. The lowest BCUT2D eigenvalue weighted by Gasteiger charge is -2.06. The lowest BCUT2D eigenvalue weighted by atomic mass is 10.0. The predicted molar refractivity (Wildman–Crippen MR) is 62.0 cm³/mol. The summed E-state index contributed by atoms with van der Waals surface area (Å²) in [6.45, 7) is 11.8. The number of allylic oxidation sites excluding steroid dienone is 2. The van der Waals surface area contributed by atoms with E-state index in [0.29, 0.717) is 5.92 Å². The molecular formula is C12H16N2. The minimum atomic E-state index is 0.460. The summed E-state index contributed by atoms with van der Waals surface area (Å²) in [4.78, 5) is 4.16. The van der Waals surface area contributed by atoms with Crippen LogP contribution in [0.5, 0.6) is 0 Å². The summed E-state index contributed by atoms with van der Waals surface area (Å²) in [7, 11) is 0. The largest absolute Gasteiger partial charge is 0.347 e. The molecule has 0 spiro atoms. The average Bonchev–Trinajstić information content (AvgIpc) is 2.53. The van der Waals surface area contributed by atoms with Crippen LogP contribution in [-0.4, -0.2) is 5.84 Å². The molecule has 2 heteroatoms. The van der Waals surface area contributed by atoms with E-state index in [1.165, 1.54) is 0 Å². The third-order valence-corrected chi connectivity index (χ3v) is 2.05. The van der Waals surface area contributed by atoms with Crippen LogP contribution in [0.25, 0.3) is 0 Å². The van der Waals surface area contributed by atoms with Crippen LogP contribution in [0.2, 0.25) is 0 Å². The van der Waals surface area contributed by atoms with Gasteiger partial charge in [-0.1, -0.05) is 32.6 Å². The number of amidine groups is 1. The number of aliphatic imine (C=N–C) groups is 1. The van der Waals surface area contributed by atoms with Crippen molar-refractivity contribution in [3.05, 3.63) is 48.9 Å². The summed E-state index contributed by atoms with van der Waals surface area (Å²) in [5.74, 6) is 1.29. The van der Waals surface area contributed by atoms with Crippen LogP contribution in [0.4, 0.5) is 0 Å². The van der Waals surface area contributed by atoms with E-state index in [2.05, 4.69) is 37.3 Å². The summed E-state index contributed by atoms with van der Waals surface area (Å²) in [5.41, 5.74) is 2.16. The molecule has 0 aliphatic carbocycles. The van der Waals surface area contributed by atoms with Gasteiger partial charge in [0.1, 0.15) is 5.84 Å². The van der Waals surface area contributed by atoms with E-state index >= 15 is 0 Å². The van der Waals surface area contributed by atoms with Gasteiger partial charge in [0, 0.05) is 11.8 Å². The summed E-state index contributed by atoms with van der Waals surface area (Å²) in [6, 6.07) is 0. The van der Waals surface area contributed by atoms with Gasteiger partial charge in [0.2, 0.25) is 0 Å². The lowest BCUT2D eigenvalue weighted by Crippen LogP contribution is -2.16. The molecule has 0 aromatic carbocycles. The SMILES string of the molecule is C=CNC1=NC=C/C1=C/C(=C)C(C)C. The van der Waals surface area contributed by atoms with Gasteiger partial charge in [-0.25, -0.2) is 4.99 Å². The van der Waals surface area contributed by atoms with Crippen LogP contribution in [0, 0.1) is 5.92 Å². The van der Waals surface area contributed by atoms with Crippen molar-refractivity contribution in [1.29, 1.82) is 0 Å². The Bertz CT molecular complexity index is 330. The number of rotatable bonds is 3. The quantitative estimate of drug-likeness (QED) is 0.723. The van der Waals surface area contributed by atoms with Gasteiger partial charge in [-0.2, -0.15) is 0 Å². The van der Waals surface area contributed by atoms with Gasteiger partial charge >= 0.3 is 0 Å². The van der Waals surface area contributed by atoms with Crippen molar-refractivity contribution in [2.45, 2.75) is 13.8 Å². The maximum Gasteiger partial charge on any atom is 0.137 e. The fourth-order valence-corrected chi connectivity index (χ4v) is 1.05. The molecule has 0 radical (unpaired) electrons. The van der Waals surface area contributed by atoms with E-state index in [-0.39, 0.29) is 0 Å². The highest BCUT2D eigenvalue weighted by Gasteiger charge is 2.07. The van der Waals surface area contributed by atoms with E-state index in [1.807, 2.05) is 12.2 Å². The van der Waals surface area contributed by atoms with Crippen LogP contribution in [0.1, 0.15) is 13.8 Å². The third-order valence-electron chi connectivity index (χ3n) is 2.05. The topological polar surface area (TPSA) is 24.4 Å². The zero-order valence-electron chi connectivity index (χ0n) is 8.75. The predicted octanol–water partition coefficient (Wildman–Crippen LogP) is 2.78. The number of hydrogen-bond acceptors (Lipinski definition) is 2. The molecule has 74 valence electrons. The van der Waals surface area contributed by atoms with Crippen LogP contribution in [0.15, 0.2) is 53.8 Å². The van der Waals surface area contributed by atoms with E-state index in [9.17, 15) is 0 Å². The van der Waals surface area contributed by atoms with Gasteiger partial charge in [0.15, 0.2) is 0 Å². The fraction of sp³-hybridized carbons (Fsp3) is 0.250. The highest BCUT2D eigenvalue weighted by molar-refractivity contribution is 6.03. The van der Waals surface area contributed by atoms with Gasteiger partial charge in [-0.3, -0.25) is 0 Å². The number of hydrogen-bond donors (Lipinski definition) is 1. The van der Waals surface area contributed by atoms with Gasteiger partial charge in [0.25, 0.3) is 0 Å². The second-order valence-electron chi connectivity index (χ2n) is 3.47. The van der Waals surface area contributed by atoms with Crippen LogP contribution < -0.4 is 5.32 Å². The molecule has 0 fully saturated rings. The Morgan fingerprint density at radius 3 is 2.86 bits per heavy atom. The van der Waals surface area contributed by atoms with Crippen molar-refractivity contribution in [2.75, 3.05) is 0 Å². The Kier molecular flexibility index (Phi) is 3.46. The van der Waals surface area contributed by atoms with E-state index in [0.717, 1.165) is 17.0 Å². The molecule has 1 rings (SSSR count). The monoisotopic (exact) mass is 188 g/mol. The molecule has 0 aromatic heterocycles. The summed E-state index contributed by atoms with van der Waals surface area (Å²) >= 11 is 0. The standard InChI is InChI=1S/C12H16N2/c1-5-13-12-11(6-7-14-12)8-10(4)9(2)3/h5-9H,1,4H2,2-3H3,(H,13,14)/b11-8-. The molecule has 0 atom stereocenters. The van der Waals surface area contributed by atoms with E-state index in [1.54, 1.807) is 12.4 Å². The van der Waals surface area contributed by atoms with Crippen molar-refractivity contribution >= 4 is 5.84 Å². The second kappa shape index (κ2) is 4.61. The maximum atomic E-state index is 4.16. The minimum Gasteiger partial charge on any atom is -0.347 e. The van der Waals surface area contributed by atoms with Gasteiger partial charge in [-0.15, -0.1) is 0 Å². The number of nitrogens with one attached hydrogen (secondary N) is 1. The van der Waals surface area contributed by atoms with Crippen LogP contribution >= 0.6 is 0 Å². The molecule has 2 nitrogen and oxygen atoms in total.